The molecule has 2 rings (SSSR count). The van der Waals surface area contributed by atoms with Crippen molar-refractivity contribution in [2.45, 2.75) is 25.4 Å². The summed E-state index contributed by atoms with van der Waals surface area (Å²) < 4.78 is 23.6. The average Bonchev–Trinajstić information content (AvgIpc) is 2.74. The van der Waals surface area contributed by atoms with Crippen molar-refractivity contribution in [1.29, 1.82) is 0 Å². The molecule has 0 aromatic carbocycles. The van der Waals surface area contributed by atoms with Crippen molar-refractivity contribution in [3.05, 3.63) is 20.8 Å². The molecule has 2 unspecified atom stereocenters. The first-order valence-electron chi connectivity index (χ1n) is 5.56. The summed E-state index contributed by atoms with van der Waals surface area (Å²) in [5.41, 5.74) is 0. The Morgan fingerprint density at radius 3 is 2.88 bits per heavy atom. The highest BCUT2D eigenvalue weighted by Crippen LogP contribution is 2.28. The molecule has 6 heteroatoms. The maximum Gasteiger partial charge on any atom is 0.150 e. The number of aliphatic hydroxyl groups is 1. The van der Waals surface area contributed by atoms with Gasteiger partial charge in [0.1, 0.15) is 0 Å². The zero-order chi connectivity index (χ0) is 12.5. The van der Waals surface area contributed by atoms with Crippen molar-refractivity contribution in [1.82, 2.24) is 0 Å². The highest BCUT2D eigenvalue weighted by molar-refractivity contribution is 9.10. The van der Waals surface area contributed by atoms with Gasteiger partial charge in [0, 0.05) is 15.8 Å². The summed E-state index contributed by atoms with van der Waals surface area (Å²) >= 11 is 5.04. The lowest BCUT2D eigenvalue weighted by Gasteiger charge is -2.13. The van der Waals surface area contributed by atoms with Gasteiger partial charge in [0.15, 0.2) is 9.84 Å². The molecule has 0 radical (unpaired) electrons. The molecule has 1 fully saturated rings. The molecule has 2 heterocycles. The van der Waals surface area contributed by atoms with Gasteiger partial charge in [0.25, 0.3) is 0 Å². The topological polar surface area (TPSA) is 54.4 Å². The third-order valence-electron chi connectivity index (χ3n) is 3.04. The van der Waals surface area contributed by atoms with Crippen LogP contribution in [0.3, 0.4) is 0 Å². The third-order valence-corrected chi connectivity index (χ3v) is 6.83. The zero-order valence-corrected chi connectivity index (χ0v) is 12.5. The van der Waals surface area contributed by atoms with E-state index in [2.05, 4.69) is 15.9 Å². The van der Waals surface area contributed by atoms with Crippen LogP contribution in [0.5, 0.6) is 0 Å². The molecule has 17 heavy (non-hydrogen) atoms. The molecule has 96 valence electrons. The first kappa shape index (κ1) is 13.5. The van der Waals surface area contributed by atoms with Crippen LogP contribution in [0, 0.1) is 5.92 Å². The zero-order valence-electron chi connectivity index (χ0n) is 9.30. The Kier molecular flexibility index (Phi) is 4.28. The third kappa shape index (κ3) is 3.77. The van der Waals surface area contributed by atoms with Gasteiger partial charge in [0.2, 0.25) is 0 Å². The Labute approximate surface area is 114 Å². The standard InChI is InChI=1S/C11H15BrO3S2/c12-10-1-3-16-11(10)6-9(13)5-8-2-4-17(14,15)7-8/h1,3,8-9,13H,2,4-7H2. The van der Waals surface area contributed by atoms with E-state index in [-0.39, 0.29) is 17.4 Å². The van der Waals surface area contributed by atoms with E-state index in [1.165, 1.54) is 0 Å². The summed E-state index contributed by atoms with van der Waals surface area (Å²) in [6, 6.07) is 1.97. The number of hydrogen-bond donors (Lipinski definition) is 1. The summed E-state index contributed by atoms with van der Waals surface area (Å²) in [7, 11) is -2.83. The maximum atomic E-state index is 11.3. The Bertz CT molecular complexity index is 481. The highest BCUT2D eigenvalue weighted by Gasteiger charge is 2.29. The van der Waals surface area contributed by atoms with Crippen LogP contribution in [0.25, 0.3) is 0 Å². The van der Waals surface area contributed by atoms with Gasteiger partial charge in [0.05, 0.1) is 17.6 Å². The fraction of sp³-hybridized carbons (Fsp3) is 0.636. The maximum absolute atomic E-state index is 11.3. The predicted octanol–water partition coefficient (Wildman–Crippen LogP) is 2.24. The second-order valence-corrected chi connectivity index (χ2v) is 8.64. The fourth-order valence-corrected chi connectivity index (χ4v) is 5.68. The molecule has 0 amide bonds. The van der Waals surface area contributed by atoms with Crippen LogP contribution in [-0.4, -0.2) is 31.1 Å². The van der Waals surface area contributed by atoms with E-state index in [4.69, 9.17) is 0 Å². The summed E-state index contributed by atoms with van der Waals surface area (Å²) in [4.78, 5) is 1.12. The monoisotopic (exact) mass is 338 g/mol. The van der Waals surface area contributed by atoms with E-state index in [9.17, 15) is 13.5 Å². The van der Waals surface area contributed by atoms with E-state index in [0.717, 1.165) is 9.35 Å². The van der Waals surface area contributed by atoms with Crippen LogP contribution >= 0.6 is 27.3 Å². The minimum atomic E-state index is -2.83. The van der Waals surface area contributed by atoms with Gasteiger partial charge in [-0.05, 0) is 46.1 Å². The smallest absolute Gasteiger partial charge is 0.150 e. The largest absolute Gasteiger partial charge is 0.393 e. The van der Waals surface area contributed by atoms with Crippen molar-refractivity contribution in [2.24, 2.45) is 5.92 Å². The summed E-state index contributed by atoms with van der Waals surface area (Å²) in [5.74, 6) is 0.664. The van der Waals surface area contributed by atoms with E-state index in [1.807, 2.05) is 11.4 Å². The Morgan fingerprint density at radius 2 is 2.35 bits per heavy atom. The molecule has 1 saturated heterocycles. The van der Waals surface area contributed by atoms with Gasteiger partial charge in [-0.3, -0.25) is 0 Å². The SMILES string of the molecule is O=S1(=O)CCC(CC(O)Cc2sccc2Br)C1. The van der Waals surface area contributed by atoms with Gasteiger partial charge in [-0.15, -0.1) is 11.3 Å². The van der Waals surface area contributed by atoms with E-state index < -0.39 is 15.9 Å². The Morgan fingerprint density at radius 1 is 1.59 bits per heavy atom. The summed E-state index contributed by atoms with van der Waals surface area (Å²) in [5, 5.41) is 11.9. The number of sulfone groups is 1. The Balaban J connectivity index is 1.86. The van der Waals surface area contributed by atoms with Gasteiger partial charge in [-0.2, -0.15) is 0 Å². The average molecular weight is 339 g/mol. The van der Waals surface area contributed by atoms with Gasteiger partial charge in [-0.1, -0.05) is 0 Å². The van der Waals surface area contributed by atoms with Crippen LogP contribution in [0.2, 0.25) is 0 Å². The second-order valence-electron chi connectivity index (χ2n) is 4.55. The molecule has 0 bridgehead atoms. The quantitative estimate of drug-likeness (QED) is 0.915. The van der Waals surface area contributed by atoms with E-state index in [1.54, 1.807) is 11.3 Å². The number of rotatable bonds is 4. The first-order valence-corrected chi connectivity index (χ1v) is 9.06. The molecule has 1 N–H and O–H groups in total. The van der Waals surface area contributed by atoms with Crippen molar-refractivity contribution in [3.63, 3.8) is 0 Å². The molecule has 0 aliphatic carbocycles. The summed E-state index contributed by atoms with van der Waals surface area (Å²) in [6.07, 6.45) is 1.45. The van der Waals surface area contributed by atoms with Gasteiger partial charge < -0.3 is 5.11 Å². The van der Waals surface area contributed by atoms with Crippen LogP contribution in [0.15, 0.2) is 15.9 Å². The minimum Gasteiger partial charge on any atom is -0.393 e. The normalized spacial score (nSPS) is 24.9. The molecular formula is C11H15BrO3S2. The van der Waals surface area contributed by atoms with E-state index >= 15 is 0 Å². The molecule has 1 aliphatic heterocycles. The summed E-state index contributed by atoms with van der Waals surface area (Å²) in [6.45, 7) is 0. The number of halogens is 1. The minimum absolute atomic E-state index is 0.133. The molecule has 1 aliphatic rings. The van der Waals surface area contributed by atoms with Gasteiger partial charge in [-0.25, -0.2) is 8.42 Å². The number of thiophene rings is 1. The molecule has 0 saturated carbocycles. The van der Waals surface area contributed by atoms with Crippen LogP contribution in [-0.2, 0) is 16.3 Å². The first-order chi connectivity index (χ1) is 7.96. The van der Waals surface area contributed by atoms with Gasteiger partial charge >= 0.3 is 0 Å². The number of aliphatic hydroxyl groups excluding tert-OH is 1. The van der Waals surface area contributed by atoms with Crippen LogP contribution in [0.4, 0.5) is 0 Å². The van der Waals surface area contributed by atoms with Crippen molar-refractivity contribution < 1.29 is 13.5 Å². The van der Waals surface area contributed by atoms with Crippen molar-refractivity contribution in [2.75, 3.05) is 11.5 Å². The Hall–Kier alpha value is 0.0900. The number of hydrogen-bond acceptors (Lipinski definition) is 4. The molecule has 1 aromatic rings. The highest BCUT2D eigenvalue weighted by atomic mass is 79.9. The lowest BCUT2D eigenvalue weighted by molar-refractivity contribution is 0.147. The molecule has 3 nitrogen and oxygen atoms in total. The molecule has 0 spiro atoms. The second kappa shape index (κ2) is 5.38. The molecule has 2 atom stereocenters. The molecule has 1 aromatic heterocycles. The lowest BCUT2D eigenvalue weighted by Crippen LogP contribution is -2.17. The van der Waals surface area contributed by atoms with Crippen LogP contribution in [0.1, 0.15) is 17.7 Å². The molecular weight excluding hydrogens is 324 g/mol. The van der Waals surface area contributed by atoms with Crippen molar-refractivity contribution >= 4 is 37.1 Å². The van der Waals surface area contributed by atoms with Crippen LogP contribution < -0.4 is 0 Å². The van der Waals surface area contributed by atoms with E-state index in [0.29, 0.717) is 19.3 Å². The fourth-order valence-electron chi connectivity index (χ4n) is 2.21. The predicted molar refractivity (Wildman–Crippen MR) is 73.1 cm³/mol. The lowest BCUT2D eigenvalue weighted by atomic mass is 9.99. The van der Waals surface area contributed by atoms with Crippen molar-refractivity contribution in [3.8, 4) is 0 Å².